The Morgan fingerprint density at radius 3 is 2.52 bits per heavy atom. The van der Waals surface area contributed by atoms with Crippen molar-refractivity contribution in [3.8, 4) is 5.75 Å². The molecule has 4 heteroatoms. The van der Waals surface area contributed by atoms with Gasteiger partial charge < -0.3 is 10.1 Å². The molecule has 0 aromatic heterocycles. The molecule has 0 bridgehead atoms. The fraction of sp³-hybridized carbons (Fsp3) is 0.294. The summed E-state index contributed by atoms with van der Waals surface area (Å²) in [5.74, 6) is -0.819. The van der Waals surface area contributed by atoms with E-state index in [1.54, 1.807) is 6.07 Å². The van der Waals surface area contributed by atoms with Crippen molar-refractivity contribution in [2.24, 2.45) is 0 Å². The number of benzene rings is 2. The standard InChI is InChI=1S/C17H19F2NO/c1-12-6-8-15(9-7-12)21-11-13(2)20-10-14-4-3-5-16(18)17(14)19/h3-9,13,20H,10-11H2,1-2H3. The molecule has 0 spiro atoms. The van der Waals surface area contributed by atoms with Gasteiger partial charge in [-0.2, -0.15) is 0 Å². The SMILES string of the molecule is Cc1ccc(OCC(C)NCc2cccc(F)c2F)cc1. The molecular formula is C17H19F2NO. The first-order chi connectivity index (χ1) is 10.1. The number of halogens is 2. The van der Waals surface area contributed by atoms with Crippen LogP contribution in [0.5, 0.6) is 5.75 Å². The fourth-order valence-corrected chi connectivity index (χ4v) is 1.88. The topological polar surface area (TPSA) is 21.3 Å². The minimum Gasteiger partial charge on any atom is -0.492 e. The van der Waals surface area contributed by atoms with E-state index in [0.717, 1.165) is 11.8 Å². The van der Waals surface area contributed by atoms with E-state index in [-0.39, 0.29) is 12.6 Å². The number of nitrogens with one attached hydrogen (secondary N) is 1. The summed E-state index contributed by atoms with van der Waals surface area (Å²) in [6.07, 6.45) is 0. The maximum absolute atomic E-state index is 13.5. The second kappa shape index (κ2) is 7.18. The zero-order chi connectivity index (χ0) is 15.2. The van der Waals surface area contributed by atoms with Crippen LogP contribution < -0.4 is 10.1 Å². The van der Waals surface area contributed by atoms with E-state index in [0.29, 0.717) is 12.2 Å². The fourth-order valence-electron chi connectivity index (χ4n) is 1.88. The summed E-state index contributed by atoms with van der Waals surface area (Å²) in [4.78, 5) is 0. The molecule has 0 radical (unpaired) electrons. The van der Waals surface area contributed by atoms with Crippen LogP contribution in [-0.2, 0) is 6.54 Å². The molecule has 0 aliphatic heterocycles. The van der Waals surface area contributed by atoms with Crippen LogP contribution in [0.15, 0.2) is 42.5 Å². The molecule has 112 valence electrons. The molecule has 0 aliphatic rings. The minimum atomic E-state index is -0.821. The maximum atomic E-state index is 13.5. The van der Waals surface area contributed by atoms with Crippen molar-refractivity contribution < 1.29 is 13.5 Å². The molecule has 0 saturated carbocycles. The van der Waals surface area contributed by atoms with Crippen molar-refractivity contribution in [2.75, 3.05) is 6.61 Å². The second-order valence-corrected chi connectivity index (χ2v) is 5.12. The first-order valence-electron chi connectivity index (χ1n) is 6.92. The molecule has 1 unspecified atom stereocenters. The Morgan fingerprint density at radius 2 is 1.81 bits per heavy atom. The van der Waals surface area contributed by atoms with Crippen LogP contribution in [-0.4, -0.2) is 12.6 Å². The van der Waals surface area contributed by atoms with Gasteiger partial charge >= 0.3 is 0 Å². The van der Waals surface area contributed by atoms with Gasteiger partial charge in [0.1, 0.15) is 12.4 Å². The summed E-state index contributed by atoms with van der Waals surface area (Å²) in [5.41, 5.74) is 1.49. The van der Waals surface area contributed by atoms with E-state index in [4.69, 9.17) is 4.74 Å². The lowest BCUT2D eigenvalue weighted by Crippen LogP contribution is -2.31. The molecule has 1 N–H and O–H groups in total. The van der Waals surface area contributed by atoms with E-state index in [9.17, 15) is 8.78 Å². The van der Waals surface area contributed by atoms with Crippen LogP contribution in [0.25, 0.3) is 0 Å². The van der Waals surface area contributed by atoms with Crippen molar-refractivity contribution in [3.05, 3.63) is 65.2 Å². The Morgan fingerprint density at radius 1 is 1.10 bits per heavy atom. The summed E-state index contributed by atoms with van der Waals surface area (Å²) in [7, 11) is 0. The normalized spacial score (nSPS) is 12.2. The summed E-state index contributed by atoms with van der Waals surface area (Å²) in [6.45, 7) is 4.68. The van der Waals surface area contributed by atoms with Crippen LogP contribution in [0.4, 0.5) is 8.78 Å². The second-order valence-electron chi connectivity index (χ2n) is 5.12. The first kappa shape index (κ1) is 15.4. The summed E-state index contributed by atoms with van der Waals surface area (Å²) in [5, 5.41) is 3.12. The molecule has 0 amide bonds. The lowest BCUT2D eigenvalue weighted by molar-refractivity contribution is 0.272. The Bertz CT molecular complexity index is 584. The lowest BCUT2D eigenvalue weighted by atomic mass is 10.2. The van der Waals surface area contributed by atoms with Gasteiger partial charge in [-0.3, -0.25) is 0 Å². The minimum absolute atomic E-state index is 0.0222. The molecule has 0 fully saturated rings. The predicted octanol–water partition coefficient (Wildman–Crippen LogP) is 3.83. The zero-order valence-electron chi connectivity index (χ0n) is 12.2. The average molecular weight is 291 g/mol. The third-order valence-corrected chi connectivity index (χ3v) is 3.19. The highest BCUT2D eigenvalue weighted by atomic mass is 19.2. The van der Waals surface area contributed by atoms with Gasteiger partial charge in [-0.25, -0.2) is 8.78 Å². The molecule has 1 atom stereocenters. The molecule has 2 rings (SSSR count). The Kier molecular flexibility index (Phi) is 5.28. The Balaban J connectivity index is 1.80. The Hall–Kier alpha value is -1.94. The van der Waals surface area contributed by atoms with Crippen molar-refractivity contribution in [3.63, 3.8) is 0 Å². The summed E-state index contributed by atoms with van der Waals surface area (Å²) >= 11 is 0. The number of rotatable bonds is 6. The van der Waals surface area contributed by atoms with Gasteiger partial charge in [-0.05, 0) is 32.0 Å². The molecule has 0 saturated heterocycles. The van der Waals surface area contributed by atoms with E-state index in [1.807, 2.05) is 38.1 Å². The number of hydrogen-bond donors (Lipinski definition) is 1. The van der Waals surface area contributed by atoms with Crippen LogP contribution in [0.1, 0.15) is 18.1 Å². The number of aryl methyl sites for hydroxylation is 1. The number of ether oxygens (including phenoxy) is 1. The van der Waals surface area contributed by atoms with E-state index < -0.39 is 11.6 Å². The van der Waals surface area contributed by atoms with Crippen molar-refractivity contribution in [2.45, 2.75) is 26.4 Å². The summed E-state index contributed by atoms with van der Waals surface area (Å²) < 4.78 is 32.2. The van der Waals surface area contributed by atoms with Crippen molar-refractivity contribution >= 4 is 0 Å². The molecule has 2 aromatic rings. The summed E-state index contributed by atoms with van der Waals surface area (Å²) in [6, 6.07) is 12.0. The van der Waals surface area contributed by atoms with Gasteiger partial charge in [0.15, 0.2) is 11.6 Å². The highest BCUT2D eigenvalue weighted by Gasteiger charge is 2.09. The third-order valence-electron chi connectivity index (χ3n) is 3.19. The largest absolute Gasteiger partial charge is 0.492 e. The van der Waals surface area contributed by atoms with Crippen LogP contribution in [0, 0.1) is 18.6 Å². The highest BCUT2D eigenvalue weighted by Crippen LogP contribution is 2.13. The van der Waals surface area contributed by atoms with Gasteiger partial charge in [-0.15, -0.1) is 0 Å². The van der Waals surface area contributed by atoms with Gasteiger partial charge in [0, 0.05) is 18.2 Å². The monoisotopic (exact) mass is 291 g/mol. The highest BCUT2D eigenvalue weighted by molar-refractivity contribution is 5.26. The molecule has 2 nitrogen and oxygen atoms in total. The van der Waals surface area contributed by atoms with Crippen LogP contribution in [0.2, 0.25) is 0 Å². The van der Waals surface area contributed by atoms with Crippen LogP contribution in [0.3, 0.4) is 0 Å². The van der Waals surface area contributed by atoms with Crippen molar-refractivity contribution in [1.82, 2.24) is 5.32 Å². The van der Waals surface area contributed by atoms with Gasteiger partial charge in [0.25, 0.3) is 0 Å². The first-order valence-corrected chi connectivity index (χ1v) is 6.92. The smallest absolute Gasteiger partial charge is 0.163 e. The van der Waals surface area contributed by atoms with Crippen LogP contribution >= 0.6 is 0 Å². The third kappa shape index (κ3) is 4.53. The molecular weight excluding hydrogens is 272 g/mol. The molecule has 2 aromatic carbocycles. The molecule has 21 heavy (non-hydrogen) atoms. The van der Waals surface area contributed by atoms with Gasteiger partial charge in [0.2, 0.25) is 0 Å². The lowest BCUT2D eigenvalue weighted by Gasteiger charge is -2.15. The maximum Gasteiger partial charge on any atom is 0.163 e. The molecule has 0 aliphatic carbocycles. The van der Waals surface area contributed by atoms with Crippen molar-refractivity contribution in [1.29, 1.82) is 0 Å². The van der Waals surface area contributed by atoms with Gasteiger partial charge in [-0.1, -0.05) is 29.8 Å². The van der Waals surface area contributed by atoms with E-state index in [2.05, 4.69) is 5.32 Å². The van der Waals surface area contributed by atoms with E-state index in [1.165, 1.54) is 11.6 Å². The predicted molar refractivity (Wildman–Crippen MR) is 79.3 cm³/mol. The molecule has 0 heterocycles. The average Bonchev–Trinajstić information content (AvgIpc) is 2.48. The van der Waals surface area contributed by atoms with Gasteiger partial charge in [0.05, 0.1) is 0 Å². The number of hydrogen-bond acceptors (Lipinski definition) is 2. The quantitative estimate of drug-likeness (QED) is 0.873. The van der Waals surface area contributed by atoms with E-state index >= 15 is 0 Å². The zero-order valence-corrected chi connectivity index (χ0v) is 12.2. The Labute approximate surface area is 123 Å².